The Hall–Kier alpha value is -0.970. The van der Waals surface area contributed by atoms with Gasteiger partial charge in [-0.1, -0.05) is 11.6 Å². The van der Waals surface area contributed by atoms with Crippen LogP contribution in [-0.2, 0) is 4.74 Å². The Morgan fingerprint density at radius 1 is 1.50 bits per heavy atom. The second kappa shape index (κ2) is 6.20. The molecule has 1 amide bonds. The van der Waals surface area contributed by atoms with Gasteiger partial charge in [-0.05, 0) is 39.0 Å². The molecule has 0 saturated carbocycles. The summed E-state index contributed by atoms with van der Waals surface area (Å²) in [4.78, 5) is 14.3. The number of rotatable bonds is 1. The van der Waals surface area contributed by atoms with E-state index >= 15 is 0 Å². The van der Waals surface area contributed by atoms with Gasteiger partial charge in [0.15, 0.2) is 0 Å². The minimum Gasteiger partial charge on any atom is -0.399 e. The Bertz CT molecular complexity index is 506. The topological polar surface area (TPSA) is 55.6 Å². The van der Waals surface area contributed by atoms with Crippen molar-refractivity contribution in [2.75, 3.05) is 18.8 Å². The predicted molar refractivity (Wildman–Crippen MR) is 83.6 cm³/mol. The molecule has 0 bridgehead atoms. The normalized spacial score (nSPS) is 21.2. The number of hydrogen-bond acceptors (Lipinski definition) is 3. The molecule has 1 aliphatic heterocycles. The zero-order valence-corrected chi connectivity index (χ0v) is 13.4. The third-order valence-electron chi connectivity index (χ3n) is 3.08. The highest BCUT2D eigenvalue weighted by Gasteiger charge is 2.34. The van der Waals surface area contributed by atoms with Crippen LogP contribution in [0.3, 0.4) is 0 Å². The van der Waals surface area contributed by atoms with Gasteiger partial charge in [0.1, 0.15) is 0 Å². The number of nitrogens with two attached hydrogens (primary N) is 1. The third-order valence-corrected chi connectivity index (χ3v) is 3.39. The number of ether oxygens (including phenoxy) is 1. The molecule has 2 rings (SSSR count). The van der Waals surface area contributed by atoms with E-state index in [0.29, 0.717) is 29.4 Å². The number of nitrogens with zero attached hydrogens (tertiary/aromatic N) is 1. The first-order valence-electron chi connectivity index (χ1n) is 6.30. The highest BCUT2D eigenvalue weighted by molar-refractivity contribution is 6.34. The van der Waals surface area contributed by atoms with Crippen LogP contribution in [0.1, 0.15) is 31.1 Å². The number of hydrogen-bond donors (Lipinski definition) is 1. The largest absolute Gasteiger partial charge is 0.399 e. The average molecular weight is 319 g/mol. The lowest BCUT2D eigenvalue weighted by Crippen LogP contribution is -2.53. The van der Waals surface area contributed by atoms with E-state index in [0.717, 1.165) is 0 Å². The number of amides is 1. The SMILES string of the molecule is CC1CN(C(=O)c2ccc(N)cc2Cl)CC(C)(C)O1.Cl. The van der Waals surface area contributed by atoms with E-state index in [4.69, 9.17) is 22.1 Å². The highest BCUT2D eigenvalue weighted by atomic mass is 35.5. The molecule has 0 radical (unpaired) electrons. The molecular weight excluding hydrogens is 299 g/mol. The van der Waals surface area contributed by atoms with E-state index in [-0.39, 0.29) is 30.0 Å². The monoisotopic (exact) mass is 318 g/mol. The van der Waals surface area contributed by atoms with E-state index in [1.165, 1.54) is 0 Å². The standard InChI is InChI=1S/C14H19ClN2O2.ClH/c1-9-7-17(8-14(2,3)19-9)13(18)11-5-4-10(16)6-12(11)15;/h4-6,9H,7-8,16H2,1-3H3;1H. The van der Waals surface area contributed by atoms with Crippen molar-refractivity contribution in [2.45, 2.75) is 32.5 Å². The molecular formula is C14H20Cl2N2O2. The van der Waals surface area contributed by atoms with Crippen molar-refractivity contribution >= 4 is 35.6 Å². The Morgan fingerprint density at radius 3 is 2.70 bits per heavy atom. The second-order valence-corrected chi connectivity index (χ2v) is 6.02. The van der Waals surface area contributed by atoms with Gasteiger partial charge in [0.05, 0.1) is 22.3 Å². The third kappa shape index (κ3) is 3.78. The van der Waals surface area contributed by atoms with Crippen LogP contribution >= 0.6 is 24.0 Å². The molecule has 112 valence electrons. The average Bonchev–Trinajstić information content (AvgIpc) is 2.25. The van der Waals surface area contributed by atoms with Crippen LogP contribution in [0.4, 0.5) is 5.69 Å². The molecule has 0 aromatic heterocycles. The van der Waals surface area contributed by atoms with Crippen LogP contribution in [0.2, 0.25) is 5.02 Å². The molecule has 1 unspecified atom stereocenters. The van der Waals surface area contributed by atoms with Crippen molar-refractivity contribution in [3.63, 3.8) is 0 Å². The molecule has 6 heteroatoms. The summed E-state index contributed by atoms with van der Waals surface area (Å²) in [6.45, 7) is 7.05. The summed E-state index contributed by atoms with van der Waals surface area (Å²) < 4.78 is 5.79. The van der Waals surface area contributed by atoms with Gasteiger partial charge in [0, 0.05) is 18.8 Å². The number of carbonyl (C=O) groups excluding carboxylic acids is 1. The molecule has 2 N–H and O–H groups in total. The Morgan fingerprint density at radius 2 is 2.15 bits per heavy atom. The van der Waals surface area contributed by atoms with Crippen LogP contribution in [0.15, 0.2) is 18.2 Å². The molecule has 0 spiro atoms. The van der Waals surface area contributed by atoms with Crippen LogP contribution in [0.25, 0.3) is 0 Å². The van der Waals surface area contributed by atoms with Crippen molar-refractivity contribution in [2.24, 2.45) is 0 Å². The van der Waals surface area contributed by atoms with Gasteiger partial charge in [-0.25, -0.2) is 0 Å². The zero-order chi connectivity index (χ0) is 14.2. The molecule has 1 aliphatic rings. The van der Waals surface area contributed by atoms with Crippen molar-refractivity contribution in [3.05, 3.63) is 28.8 Å². The number of anilines is 1. The number of morpholine rings is 1. The summed E-state index contributed by atoms with van der Waals surface area (Å²) >= 11 is 6.09. The number of halogens is 2. The summed E-state index contributed by atoms with van der Waals surface area (Å²) in [5.41, 5.74) is 6.34. The molecule has 1 aromatic rings. The lowest BCUT2D eigenvalue weighted by Gasteiger charge is -2.41. The number of benzene rings is 1. The molecule has 1 fully saturated rings. The summed E-state index contributed by atoms with van der Waals surface area (Å²) in [6.07, 6.45) is 0.0141. The van der Waals surface area contributed by atoms with Crippen LogP contribution in [0.5, 0.6) is 0 Å². The fraction of sp³-hybridized carbons (Fsp3) is 0.500. The van der Waals surface area contributed by atoms with E-state index < -0.39 is 0 Å². The summed E-state index contributed by atoms with van der Waals surface area (Å²) in [6, 6.07) is 4.96. The maximum absolute atomic E-state index is 12.5. The minimum absolute atomic E-state index is 0. The molecule has 1 heterocycles. The van der Waals surface area contributed by atoms with Crippen LogP contribution < -0.4 is 5.73 Å². The van der Waals surface area contributed by atoms with Crippen molar-refractivity contribution in [1.29, 1.82) is 0 Å². The Labute approximate surface area is 130 Å². The highest BCUT2D eigenvalue weighted by Crippen LogP contribution is 2.25. The second-order valence-electron chi connectivity index (χ2n) is 5.61. The van der Waals surface area contributed by atoms with Gasteiger partial charge in [-0.3, -0.25) is 4.79 Å². The zero-order valence-electron chi connectivity index (χ0n) is 11.9. The van der Waals surface area contributed by atoms with Crippen molar-refractivity contribution < 1.29 is 9.53 Å². The smallest absolute Gasteiger partial charge is 0.255 e. The first-order chi connectivity index (χ1) is 8.78. The van der Waals surface area contributed by atoms with Crippen molar-refractivity contribution in [1.82, 2.24) is 4.90 Å². The van der Waals surface area contributed by atoms with Gasteiger partial charge in [-0.15, -0.1) is 12.4 Å². The quantitative estimate of drug-likeness (QED) is 0.810. The van der Waals surface area contributed by atoms with Gasteiger partial charge < -0.3 is 15.4 Å². The van der Waals surface area contributed by atoms with Gasteiger partial charge in [0.25, 0.3) is 5.91 Å². The molecule has 1 saturated heterocycles. The Balaban J connectivity index is 0.00000200. The van der Waals surface area contributed by atoms with Crippen LogP contribution in [0, 0.1) is 0 Å². The molecule has 0 aliphatic carbocycles. The summed E-state index contributed by atoms with van der Waals surface area (Å²) in [5.74, 6) is -0.0757. The van der Waals surface area contributed by atoms with E-state index in [2.05, 4.69) is 0 Å². The van der Waals surface area contributed by atoms with Gasteiger partial charge in [-0.2, -0.15) is 0 Å². The van der Waals surface area contributed by atoms with Gasteiger partial charge >= 0.3 is 0 Å². The summed E-state index contributed by atoms with van der Waals surface area (Å²) in [5, 5.41) is 0.391. The molecule has 1 aromatic carbocycles. The maximum Gasteiger partial charge on any atom is 0.255 e. The summed E-state index contributed by atoms with van der Waals surface area (Å²) in [7, 11) is 0. The van der Waals surface area contributed by atoms with Crippen LogP contribution in [-0.4, -0.2) is 35.6 Å². The Kier molecular flexibility index (Phi) is 5.30. The number of nitrogen functional groups attached to an aromatic ring is 1. The van der Waals surface area contributed by atoms with E-state index in [9.17, 15) is 4.79 Å². The lowest BCUT2D eigenvalue weighted by molar-refractivity contribution is -0.118. The van der Waals surface area contributed by atoms with E-state index in [1.54, 1.807) is 23.1 Å². The minimum atomic E-state index is -0.340. The fourth-order valence-electron chi connectivity index (χ4n) is 2.48. The van der Waals surface area contributed by atoms with Crippen molar-refractivity contribution in [3.8, 4) is 0 Å². The molecule has 20 heavy (non-hydrogen) atoms. The fourth-order valence-corrected chi connectivity index (χ4v) is 2.75. The maximum atomic E-state index is 12.5. The first kappa shape index (κ1) is 17.1. The number of carbonyl (C=O) groups is 1. The first-order valence-corrected chi connectivity index (χ1v) is 6.68. The molecule has 4 nitrogen and oxygen atoms in total. The van der Waals surface area contributed by atoms with Gasteiger partial charge in [0.2, 0.25) is 0 Å². The predicted octanol–water partition coefficient (Wildman–Crippen LogP) is 2.98. The van der Waals surface area contributed by atoms with E-state index in [1.807, 2.05) is 20.8 Å². The molecule has 1 atom stereocenters. The lowest BCUT2D eigenvalue weighted by atomic mass is 10.0.